The first kappa shape index (κ1) is 80.9. The molecule has 594 valence electrons. The van der Waals surface area contributed by atoms with Crippen LogP contribution in [0.4, 0.5) is 35.1 Å². The third-order valence-corrected chi connectivity index (χ3v) is 24.2. The zero-order valence-electron chi connectivity index (χ0n) is 64.0. The molecule has 6 aromatic carbocycles. The van der Waals surface area contributed by atoms with Gasteiger partial charge in [-0.2, -0.15) is 0 Å². The molecule has 9 aromatic rings. The van der Waals surface area contributed by atoms with Gasteiger partial charge in [-0.3, -0.25) is 14.7 Å². The summed E-state index contributed by atoms with van der Waals surface area (Å²) >= 11 is 0. The van der Waals surface area contributed by atoms with E-state index in [4.69, 9.17) is 0 Å². The number of hydrogen-bond donors (Lipinski definition) is 9. The highest BCUT2D eigenvalue weighted by Crippen LogP contribution is 2.48. The maximum Gasteiger partial charge on any atom is 0.283 e. The molecule has 0 amide bonds. The van der Waals surface area contributed by atoms with Crippen molar-refractivity contribution in [2.45, 2.75) is 172 Å². The summed E-state index contributed by atoms with van der Waals surface area (Å²) in [5.74, 6) is -10.6. The zero-order valence-corrected chi connectivity index (χ0v) is 64.0. The molecule has 0 spiro atoms. The van der Waals surface area contributed by atoms with E-state index in [1.807, 2.05) is 112 Å². The van der Waals surface area contributed by atoms with E-state index in [2.05, 4.69) is 56.5 Å². The minimum atomic E-state index is -3.32. The van der Waals surface area contributed by atoms with Gasteiger partial charge in [-0.15, -0.1) is 0 Å². The van der Waals surface area contributed by atoms with Crippen LogP contribution in [0.25, 0.3) is 32.7 Å². The Bertz CT molecular complexity index is 4360. The van der Waals surface area contributed by atoms with E-state index in [9.17, 15) is 57.0 Å². The molecule has 0 aliphatic carbocycles. The first-order valence-corrected chi connectivity index (χ1v) is 39.7. The summed E-state index contributed by atoms with van der Waals surface area (Å²) in [6.45, 7) is 14.6. The fraction of sp³-hybridized carbons (Fsp3) is 0.517. The minimum absolute atomic E-state index is 0.0527. The molecule has 3 fully saturated rings. The molecule has 9 heterocycles. The number of halogens is 8. The number of rotatable bonds is 27. The van der Waals surface area contributed by atoms with Crippen molar-refractivity contribution < 1.29 is 65.8 Å². The molecule has 110 heavy (non-hydrogen) atoms. The van der Waals surface area contributed by atoms with Crippen LogP contribution in [0.15, 0.2) is 133 Å². The normalized spacial score (nSPS) is 22.3. The Morgan fingerprint density at radius 2 is 0.691 bits per heavy atom. The van der Waals surface area contributed by atoms with E-state index >= 15 is 8.78 Å². The fourth-order valence-electron chi connectivity index (χ4n) is 18.0. The van der Waals surface area contributed by atoms with Crippen molar-refractivity contribution in [3.8, 4) is 0 Å². The highest BCUT2D eigenvalue weighted by atomic mass is 19.3. The molecule has 23 heteroatoms. The van der Waals surface area contributed by atoms with Gasteiger partial charge in [0.05, 0.1) is 56.1 Å². The number of nitrogens with zero attached hydrogens (tertiary/aromatic N) is 6. The summed E-state index contributed by atoms with van der Waals surface area (Å²) in [5.41, 5.74) is 11.6. The maximum atomic E-state index is 15.8. The molecule has 0 saturated carbocycles. The van der Waals surface area contributed by atoms with Gasteiger partial charge in [0.15, 0.2) is 0 Å². The van der Waals surface area contributed by atoms with Gasteiger partial charge < -0.3 is 60.3 Å². The van der Waals surface area contributed by atoms with Crippen molar-refractivity contribution in [1.29, 1.82) is 0 Å². The summed E-state index contributed by atoms with van der Waals surface area (Å²) in [7, 11) is 0. The number of hydrogen-bond acceptors (Lipinski definition) is 12. The lowest BCUT2D eigenvalue weighted by Crippen LogP contribution is -2.49. The minimum Gasteiger partial charge on any atom is -0.390 e. The molecule has 6 aliphatic rings. The number of fused-ring (bicyclic) bond motifs is 9. The topological polar surface area (TPSA) is 188 Å². The SMILES string of the molecule is CCCCN1CC([C@@H](O)c2ccc([C@@H]3c4[nH]c5ccccc5c4C[C@@H](C)N3CC(F)(F)CO)c(F)c2)C1.CCCCN1CC([C@H](O)c2ccc([C@@H]3c4[nH]c5ccccc5c4C[C@@H](C)N3CC(F)(F)CO)c(F)c2)C1.CCCCN1CC([C@H](O)c2ccc([C@@H]3c4[nH]c5ccccc5c4C[C@@H](C)N3CC(F)(F)CO)cc2)C1. The lowest BCUT2D eigenvalue weighted by Gasteiger charge is -2.43. The molecular formula is C87H109F8N9O6. The van der Waals surface area contributed by atoms with Crippen LogP contribution >= 0.6 is 0 Å². The highest BCUT2D eigenvalue weighted by Gasteiger charge is 2.47. The number of para-hydroxylation sites is 3. The number of nitrogens with one attached hydrogen (secondary N) is 3. The molecule has 9 N–H and O–H groups in total. The molecule has 15 nitrogen and oxygen atoms in total. The van der Waals surface area contributed by atoms with Crippen LogP contribution in [0.5, 0.6) is 0 Å². The largest absolute Gasteiger partial charge is 0.390 e. The summed E-state index contributed by atoms with van der Waals surface area (Å²) in [6, 6.07) is 38.1. The number of aromatic amines is 3. The Morgan fingerprint density at radius 1 is 0.400 bits per heavy atom. The first-order valence-electron chi connectivity index (χ1n) is 39.7. The Morgan fingerprint density at radius 3 is 1.00 bits per heavy atom. The molecule has 15 rings (SSSR count). The van der Waals surface area contributed by atoms with Crippen molar-refractivity contribution in [3.63, 3.8) is 0 Å². The van der Waals surface area contributed by atoms with Gasteiger partial charge >= 0.3 is 0 Å². The molecule has 9 atom stereocenters. The number of unbranched alkanes of at least 4 members (excludes halogenated alkanes) is 3. The Hall–Kier alpha value is -7.10. The number of aromatic nitrogens is 3. The van der Waals surface area contributed by atoms with Crippen molar-refractivity contribution in [3.05, 3.63) is 212 Å². The maximum absolute atomic E-state index is 15.8. The second-order valence-electron chi connectivity index (χ2n) is 32.3. The third-order valence-electron chi connectivity index (χ3n) is 24.2. The number of benzene rings is 6. The Kier molecular flexibility index (Phi) is 25.2. The van der Waals surface area contributed by atoms with E-state index in [1.165, 1.54) is 25.0 Å². The van der Waals surface area contributed by atoms with E-state index in [0.717, 1.165) is 151 Å². The second-order valence-corrected chi connectivity index (χ2v) is 32.3. The summed E-state index contributed by atoms with van der Waals surface area (Å²) in [5, 5.41) is 63.8. The molecule has 3 saturated heterocycles. The summed E-state index contributed by atoms with van der Waals surface area (Å²) < 4.78 is 118. The van der Waals surface area contributed by atoms with E-state index in [-0.39, 0.29) is 47.0 Å². The van der Waals surface area contributed by atoms with Crippen LogP contribution in [0.2, 0.25) is 0 Å². The quantitative estimate of drug-likeness (QED) is 0.0222. The van der Waals surface area contributed by atoms with E-state index in [1.54, 1.807) is 39.0 Å². The van der Waals surface area contributed by atoms with Crippen molar-refractivity contribution in [1.82, 2.24) is 44.4 Å². The first-order chi connectivity index (χ1) is 52.7. The fourth-order valence-corrected chi connectivity index (χ4v) is 18.0. The Labute approximate surface area is 639 Å². The monoisotopic (exact) mass is 1530 g/mol. The standard InChI is InChI=1S/2C29H36F3N3O2.C29H37F2N3O2/c2*1-3-4-11-34-14-20(15-34)28(37)19-9-10-22(24(30)13-19)27-26-23(21-7-5-6-8-25(21)33-26)12-18(2)35(27)16-29(31,32)17-36;1-3-4-13-33-15-22(16-33)28(36)21-11-9-20(10-12-21)27-26-24(23-7-5-6-8-25(23)32-26)14-19(2)34(27)17-29(30,31)18-35/h2*5-10,13,18,20,27-28,33,36-37H,3-4,11-12,14-17H2,1-2H3;5-12,19,22,27-28,32,35-36H,3-4,13-18H2,1-2H3/t18-,27-,28+;18-,27-,28-;19-,27-,28-/m111/s1. The van der Waals surface area contributed by atoms with Gasteiger partial charge in [-0.1, -0.05) is 143 Å². The Balaban J connectivity index is 0.000000145. The zero-order chi connectivity index (χ0) is 78.1. The van der Waals surface area contributed by atoms with Crippen molar-refractivity contribution in [2.24, 2.45) is 17.8 Å². The predicted octanol–water partition coefficient (Wildman–Crippen LogP) is 15.0. The molecule has 3 aromatic heterocycles. The smallest absolute Gasteiger partial charge is 0.283 e. The van der Waals surface area contributed by atoms with Crippen LogP contribution in [-0.2, 0) is 19.3 Å². The number of H-pyrrole nitrogens is 3. The van der Waals surface area contributed by atoms with Crippen molar-refractivity contribution >= 4 is 32.7 Å². The molecule has 0 radical (unpaired) electrons. The lowest BCUT2D eigenvalue weighted by atomic mass is 9.85. The van der Waals surface area contributed by atoms with Gasteiger partial charge in [0, 0.05) is 136 Å². The third kappa shape index (κ3) is 17.2. The van der Waals surface area contributed by atoms with Gasteiger partial charge in [0.1, 0.15) is 31.5 Å². The molecule has 0 unspecified atom stereocenters. The molecule has 6 aliphatic heterocycles. The van der Waals surface area contributed by atoms with Crippen molar-refractivity contribution in [2.75, 3.05) is 98.4 Å². The summed E-state index contributed by atoms with van der Waals surface area (Å²) in [4.78, 5) is 22.2. The average Bonchev–Trinajstić information content (AvgIpc) is 1.58. The van der Waals surface area contributed by atoms with Crippen LogP contribution in [-0.4, -0.2) is 209 Å². The number of likely N-dealkylation sites (tertiary alicyclic amines) is 3. The number of alkyl halides is 6. The second kappa shape index (κ2) is 34.3. The van der Waals surface area contributed by atoms with Gasteiger partial charge in [-0.25, -0.2) is 35.1 Å². The average molecular weight is 1530 g/mol. The van der Waals surface area contributed by atoms with Gasteiger partial charge in [-0.05, 0) is 148 Å². The van der Waals surface area contributed by atoms with Crippen LogP contribution in [0.3, 0.4) is 0 Å². The van der Waals surface area contributed by atoms with Crippen LogP contribution < -0.4 is 0 Å². The molecular weight excluding hydrogens is 1420 g/mol. The van der Waals surface area contributed by atoms with E-state index < -0.39 is 105 Å². The van der Waals surface area contributed by atoms with Gasteiger partial charge in [0.25, 0.3) is 17.8 Å². The lowest BCUT2D eigenvalue weighted by molar-refractivity contribution is -0.0868. The summed E-state index contributed by atoms with van der Waals surface area (Å²) in [6.07, 6.45) is 6.48. The predicted molar refractivity (Wildman–Crippen MR) is 415 cm³/mol. The number of aliphatic hydroxyl groups is 6. The van der Waals surface area contributed by atoms with Crippen LogP contribution in [0, 0.1) is 29.4 Å². The van der Waals surface area contributed by atoms with Crippen LogP contribution in [0.1, 0.15) is 184 Å². The molecule has 0 bridgehead atoms. The van der Waals surface area contributed by atoms with E-state index in [0.29, 0.717) is 41.8 Å². The number of aliphatic hydroxyl groups excluding tert-OH is 6. The highest BCUT2D eigenvalue weighted by molar-refractivity contribution is 5.87. The van der Waals surface area contributed by atoms with Gasteiger partial charge in [0.2, 0.25) is 0 Å².